The first-order valence-corrected chi connectivity index (χ1v) is 4.45. The Balaban J connectivity index is 2.61. The van der Waals surface area contributed by atoms with Gasteiger partial charge in [0.2, 0.25) is 0 Å². The van der Waals surface area contributed by atoms with E-state index in [2.05, 4.69) is 4.74 Å². The molecule has 0 spiro atoms. The van der Waals surface area contributed by atoms with Gasteiger partial charge in [-0.3, -0.25) is 0 Å². The monoisotopic (exact) mass is 184 g/mol. The lowest BCUT2D eigenvalue weighted by Gasteiger charge is -2.31. The number of carbonyl (C=O) groups is 1. The molecule has 0 radical (unpaired) electrons. The van der Waals surface area contributed by atoms with Crippen LogP contribution in [-0.4, -0.2) is 25.3 Å². The van der Waals surface area contributed by atoms with Crippen LogP contribution >= 0.6 is 0 Å². The SMILES string of the molecule is COC(=O)/C=C1\CCOC(C)(C)C1. The number of esters is 1. The van der Waals surface area contributed by atoms with E-state index in [-0.39, 0.29) is 11.6 Å². The minimum Gasteiger partial charge on any atom is -0.466 e. The highest BCUT2D eigenvalue weighted by atomic mass is 16.5. The highest BCUT2D eigenvalue weighted by Crippen LogP contribution is 2.27. The van der Waals surface area contributed by atoms with Crippen molar-refractivity contribution in [2.24, 2.45) is 0 Å². The average molecular weight is 184 g/mol. The van der Waals surface area contributed by atoms with Gasteiger partial charge in [0.25, 0.3) is 0 Å². The van der Waals surface area contributed by atoms with E-state index in [1.807, 2.05) is 13.8 Å². The van der Waals surface area contributed by atoms with Crippen LogP contribution in [0.3, 0.4) is 0 Å². The van der Waals surface area contributed by atoms with E-state index < -0.39 is 0 Å². The Morgan fingerprint density at radius 2 is 2.31 bits per heavy atom. The van der Waals surface area contributed by atoms with Crippen LogP contribution in [0.2, 0.25) is 0 Å². The van der Waals surface area contributed by atoms with Gasteiger partial charge in [-0.15, -0.1) is 0 Å². The van der Waals surface area contributed by atoms with E-state index in [9.17, 15) is 4.79 Å². The second-order valence-electron chi connectivity index (χ2n) is 3.86. The van der Waals surface area contributed by atoms with Crippen molar-refractivity contribution in [3.63, 3.8) is 0 Å². The van der Waals surface area contributed by atoms with Gasteiger partial charge in [0.1, 0.15) is 0 Å². The van der Waals surface area contributed by atoms with Crippen LogP contribution in [0.4, 0.5) is 0 Å². The molecule has 1 fully saturated rings. The molecule has 0 saturated carbocycles. The van der Waals surface area contributed by atoms with Crippen molar-refractivity contribution < 1.29 is 14.3 Å². The fraction of sp³-hybridized carbons (Fsp3) is 0.700. The molecule has 0 aromatic carbocycles. The van der Waals surface area contributed by atoms with Crippen LogP contribution in [0.5, 0.6) is 0 Å². The smallest absolute Gasteiger partial charge is 0.330 e. The molecule has 3 nitrogen and oxygen atoms in total. The first-order chi connectivity index (χ1) is 6.03. The summed E-state index contributed by atoms with van der Waals surface area (Å²) in [7, 11) is 1.39. The number of hydrogen-bond acceptors (Lipinski definition) is 3. The van der Waals surface area contributed by atoms with E-state index >= 15 is 0 Å². The largest absolute Gasteiger partial charge is 0.466 e. The standard InChI is InChI=1S/C10H16O3/c1-10(2)7-8(4-5-13-10)6-9(11)12-3/h6H,4-5,7H2,1-3H3/b8-6+. The van der Waals surface area contributed by atoms with Gasteiger partial charge in [0.15, 0.2) is 0 Å². The molecule has 0 N–H and O–H groups in total. The Morgan fingerprint density at radius 3 is 2.85 bits per heavy atom. The Labute approximate surface area is 78.7 Å². The minimum absolute atomic E-state index is 0.141. The third-order valence-corrected chi connectivity index (χ3v) is 2.09. The highest BCUT2D eigenvalue weighted by Gasteiger charge is 2.25. The van der Waals surface area contributed by atoms with Gasteiger partial charge >= 0.3 is 5.97 Å². The normalized spacial score (nSPS) is 24.4. The molecule has 1 saturated heterocycles. The molecule has 0 unspecified atom stereocenters. The van der Waals surface area contributed by atoms with Crippen LogP contribution in [0, 0.1) is 0 Å². The van der Waals surface area contributed by atoms with Gasteiger partial charge in [0, 0.05) is 6.08 Å². The van der Waals surface area contributed by atoms with Gasteiger partial charge < -0.3 is 9.47 Å². The molecule has 0 bridgehead atoms. The van der Waals surface area contributed by atoms with Crippen LogP contribution in [-0.2, 0) is 14.3 Å². The molecule has 1 heterocycles. The molecular weight excluding hydrogens is 168 g/mol. The van der Waals surface area contributed by atoms with Gasteiger partial charge in [-0.2, -0.15) is 0 Å². The lowest BCUT2D eigenvalue weighted by Crippen LogP contribution is -2.30. The zero-order valence-electron chi connectivity index (χ0n) is 8.42. The summed E-state index contributed by atoms with van der Waals surface area (Å²) in [5.41, 5.74) is 0.973. The van der Waals surface area contributed by atoms with E-state index in [0.717, 1.165) is 18.4 Å². The summed E-state index contributed by atoms with van der Waals surface area (Å²) >= 11 is 0. The van der Waals surface area contributed by atoms with Crippen molar-refractivity contribution in [3.8, 4) is 0 Å². The highest BCUT2D eigenvalue weighted by molar-refractivity contribution is 5.82. The lowest BCUT2D eigenvalue weighted by atomic mass is 9.93. The van der Waals surface area contributed by atoms with Crippen LogP contribution < -0.4 is 0 Å². The number of carbonyl (C=O) groups excluding carboxylic acids is 1. The van der Waals surface area contributed by atoms with E-state index in [1.165, 1.54) is 7.11 Å². The molecule has 0 amide bonds. The van der Waals surface area contributed by atoms with Crippen molar-refractivity contribution in [1.29, 1.82) is 0 Å². The van der Waals surface area contributed by atoms with Crippen molar-refractivity contribution in [1.82, 2.24) is 0 Å². The molecule has 0 aromatic rings. The van der Waals surface area contributed by atoms with Gasteiger partial charge in [-0.25, -0.2) is 4.79 Å². The molecule has 1 rings (SSSR count). The summed E-state index contributed by atoms with van der Waals surface area (Å²) in [6.45, 7) is 4.74. The molecular formula is C10H16O3. The quantitative estimate of drug-likeness (QED) is 0.459. The Kier molecular flexibility index (Phi) is 3.09. The summed E-state index contributed by atoms with van der Waals surface area (Å²) in [6, 6.07) is 0. The van der Waals surface area contributed by atoms with E-state index in [1.54, 1.807) is 6.08 Å². The molecule has 0 aliphatic carbocycles. The maximum Gasteiger partial charge on any atom is 0.330 e. The fourth-order valence-electron chi connectivity index (χ4n) is 1.49. The average Bonchev–Trinajstić information content (AvgIpc) is 2.02. The van der Waals surface area contributed by atoms with Crippen molar-refractivity contribution in [2.45, 2.75) is 32.3 Å². The molecule has 1 aliphatic heterocycles. The van der Waals surface area contributed by atoms with E-state index in [4.69, 9.17) is 4.74 Å². The fourth-order valence-corrected chi connectivity index (χ4v) is 1.49. The zero-order valence-corrected chi connectivity index (χ0v) is 8.42. The second-order valence-corrected chi connectivity index (χ2v) is 3.86. The predicted octanol–water partition coefficient (Wildman–Crippen LogP) is 1.67. The zero-order chi connectivity index (χ0) is 9.90. The Morgan fingerprint density at radius 1 is 1.62 bits per heavy atom. The van der Waals surface area contributed by atoms with Gasteiger partial charge in [-0.05, 0) is 26.7 Å². The number of methoxy groups -OCH3 is 1. The summed E-state index contributed by atoms with van der Waals surface area (Å²) in [4.78, 5) is 11.0. The van der Waals surface area contributed by atoms with Gasteiger partial charge in [0.05, 0.1) is 19.3 Å². The molecule has 13 heavy (non-hydrogen) atoms. The molecule has 1 aliphatic rings. The molecule has 0 aromatic heterocycles. The van der Waals surface area contributed by atoms with Crippen molar-refractivity contribution in [2.75, 3.05) is 13.7 Å². The molecule has 3 heteroatoms. The summed E-state index contributed by atoms with van der Waals surface area (Å²) < 4.78 is 10.1. The second kappa shape index (κ2) is 3.92. The number of hydrogen-bond donors (Lipinski definition) is 0. The topological polar surface area (TPSA) is 35.5 Å². The third kappa shape index (κ3) is 3.19. The number of rotatable bonds is 1. The summed E-state index contributed by atoms with van der Waals surface area (Å²) in [6.07, 6.45) is 3.21. The number of ether oxygens (including phenoxy) is 2. The third-order valence-electron chi connectivity index (χ3n) is 2.09. The van der Waals surface area contributed by atoms with Crippen molar-refractivity contribution in [3.05, 3.63) is 11.6 Å². The first-order valence-electron chi connectivity index (χ1n) is 4.45. The molecule has 0 atom stereocenters. The molecule has 74 valence electrons. The minimum atomic E-state index is -0.271. The Hall–Kier alpha value is -0.830. The van der Waals surface area contributed by atoms with Crippen LogP contribution in [0.15, 0.2) is 11.6 Å². The maximum absolute atomic E-state index is 11.0. The summed E-state index contributed by atoms with van der Waals surface area (Å²) in [5.74, 6) is -0.271. The van der Waals surface area contributed by atoms with Gasteiger partial charge in [-0.1, -0.05) is 5.57 Å². The van der Waals surface area contributed by atoms with Crippen molar-refractivity contribution >= 4 is 5.97 Å². The van der Waals surface area contributed by atoms with Crippen LogP contribution in [0.1, 0.15) is 26.7 Å². The predicted molar refractivity (Wildman–Crippen MR) is 49.4 cm³/mol. The lowest BCUT2D eigenvalue weighted by molar-refractivity contribution is -0.135. The Bertz CT molecular complexity index is 228. The summed E-state index contributed by atoms with van der Waals surface area (Å²) in [5, 5.41) is 0. The maximum atomic E-state index is 11.0. The van der Waals surface area contributed by atoms with Crippen LogP contribution in [0.25, 0.3) is 0 Å². The van der Waals surface area contributed by atoms with E-state index in [0.29, 0.717) is 6.61 Å². The first kappa shape index (κ1) is 10.3.